The van der Waals surface area contributed by atoms with Crippen LogP contribution in [0.15, 0.2) is 53.6 Å². The Morgan fingerprint density at radius 3 is 2.50 bits per heavy atom. The number of rotatable bonds is 4. The average molecular weight is 362 g/mol. The van der Waals surface area contributed by atoms with Gasteiger partial charge in [-0.1, -0.05) is 35.9 Å². The molecule has 2 N–H and O–H groups in total. The Hall–Kier alpha value is -2.18. The molecule has 0 bridgehead atoms. The number of nitrogens with zero attached hydrogens (tertiary/aromatic N) is 2. The second-order valence-electron chi connectivity index (χ2n) is 5.28. The van der Waals surface area contributed by atoms with E-state index in [0.717, 1.165) is 22.6 Å². The van der Waals surface area contributed by atoms with E-state index in [2.05, 4.69) is 5.10 Å². The molecular weight excluding hydrogens is 346 g/mol. The van der Waals surface area contributed by atoms with E-state index in [1.54, 1.807) is 12.1 Å². The largest absolute Gasteiger partial charge is 0.426 e. The molecule has 124 valence electrons. The van der Waals surface area contributed by atoms with Crippen molar-refractivity contribution in [1.29, 1.82) is 0 Å². The molecule has 3 rings (SSSR count). The maximum absolute atomic E-state index is 11.5. The van der Waals surface area contributed by atoms with Gasteiger partial charge in [0, 0.05) is 17.2 Å². The number of hydrogen-bond donors (Lipinski definition) is 1. The van der Waals surface area contributed by atoms with Gasteiger partial charge < -0.3 is 9.92 Å². The van der Waals surface area contributed by atoms with Gasteiger partial charge in [0.25, 0.3) is 0 Å². The van der Waals surface area contributed by atoms with Gasteiger partial charge in [0.05, 0.1) is 24.3 Å². The number of benzene rings is 2. The van der Waals surface area contributed by atoms with Crippen LogP contribution in [-0.4, -0.2) is 29.6 Å². The molecule has 2 amide bonds. The highest BCUT2D eigenvalue weighted by Gasteiger charge is 2.31. The Balaban J connectivity index is 1.94. The van der Waals surface area contributed by atoms with Crippen molar-refractivity contribution < 1.29 is 8.98 Å². The highest BCUT2D eigenvalue weighted by atomic mass is 35.5. The van der Waals surface area contributed by atoms with Gasteiger partial charge >= 0.3 is 6.03 Å². The minimum Gasteiger partial charge on any atom is -0.426 e. The maximum Gasteiger partial charge on any atom is 0.335 e. The number of nitrogens with two attached hydrogens (primary N) is 1. The fraction of sp³-hybridized carbons (Fsp3) is 0.176. The fourth-order valence-corrected chi connectivity index (χ4v) is 3.06. The predicted molar refractivity (Wildman–Crippen MR) is 97.6 cm³/mol. The predicted octanol–water partition coefficient (Wildman–Crippen LogP) is 3.88. The molecule has 5 nitrogen and oxygen atoms in total. The number of hydrogen-bond acceptors (Lipinski definition) is 4. The lowest BCUT2D eigenvalue weighted by molar-refractivity contribution is 0.214. The third kappa shape index (κ3) is 3.49. The number of urea groups is 1. The normalized spacial score (nSPS) is 16.8. The lowest BCUT2D eigenvalue weighted by Gasteiger charge is -2.14. The summed E-state index contributed by atoms with van der Waals surface area (Å²) < 4.78 is 5.39. The Kier molecular flexibility index (Phi) is 4.97. The monoisotopic (exact) mass is 361 g/mol. The molecule has 0 fully saturated rings. The van der Waals surface area contributed by atoms with E-state index in [1.807, 2.05) is 42.7 Å². The van der Waals surface area contributed by atoms with Gasteiger partial charge in [0.2, 0.25) is 0 Å². The first-order chi connectivity index (χ1) is 11.6. The minimum atomic E-state index is -0.564. The zero-order valence-electron chi connectivity index (χ0n) is 13.0. The number of amides is 2. The molecule has 1 atom stereocenters. The highest BCUT2D eigenvalue weighted by molar-refractivity contribution is 7.94. The molecule has 24 heavy (non-hydrogen) atoms. The summed E-state index contributed by atoms with van der Waals surface area (Å²) in [5.74, 6) is 0.725. The summed E-state index contributed by atoms with van der Waals surface area (Å²) >= 11 is 7.25. The number of carbonyl (C=O) groups excluding carboxylic acids is 1. The van der Waals surface area contributed by atoms with Gasteiger partial charge in [0.1, 0.15) is 5.75 Å². The van der Waals surface area contributed by atoms with E-state index in [0.29, 0.717) is 11.6 Å². The lowest BCUT2D eigenvalue weighted by Crippen LogP contribution is -2.30. The Morgan fingerprint density at radius 1 is 1.25 bits per heavy atom. The molecule has 0 spiro atoms. The number of carbonyl (C=O) groups is 1. The Morgan fingerprint density at radius 2 is 1.92 bits per heavy atom. The van der Waals surface area contributed by atoms with Crippen LogP contribution in [-0.2, 0) is 0 Å². The third-order valence-electron chi connectivity index (χ3n) is 3.77. The molecule has 2 aromatic rings. The summed E-state index contributed by atoms with van der Waals surface area (Å²) in [4.78, 5) is 11.5. The van der Waals surface area contributed by atoms with Crippen LogP contribution in [0.25, 0.3) is 0 Å². The second kappa shape index (κ2) is 7.15. The van der Waals surface area contributed by atoms with Crippen LogP contribution < -0.4 is 9.92 Å². The van der Waals surface area contributed by atoms with Gasteiger partial charge in [-0.05, 0) is 35.4 Å². The molecule has 1 unspecified atom stereocenters. The molecule has 0 saturated heterocycles. The fourth-order valence-electron chi connectivity index (χ4n) is 2.63. The second-order valence-corrected chi connectivity index (χ2v) is 6.22. The van der Waals surface area contributed by atoms with Crippen molar-refractivity contribution in [3.63, 3.8) is 0 Å². The quantitative estimate of drug-likeness (QED) is 0.840. The van der Waals surface area contributed by atoms with Crippen molar-refractivity contribution in [2.75, 3.05) is 12.8 Å². The summed E-state index contributed by atoms with van der Waals surface area (Å²) in [5.41, 5.74) is 8.15. The van der Waals surface area contributed by atoms with Crippen molar-refractivity contribution in [3.8, 4) is 5.75 Å². The zero-order valence-corrected chi connectivity index (χ0v) is 14.6. The summed E-state index contributed by atoms with van der Waals surface area (Å²) in [5, 5.41) is 6.35. The molecular formula is C17H16ClN3O2S. The Labute approximate surface area is 149 Å². The van der Waals surface area contributed by atoms with Crippen LogP contribution in [0.4, 0.5) is 4.79 Å². The van der Waals surface area contributed by atoms with E-state index in [4.69, 9.17) is 21.5 Å². The van der Waals surface area contributed by atoms with Crippen molar-refractivity contribution in [1.82, 2.24) is 5.01 Å². The van der Waals surface area contributed by atoms with Crippen molar-refractivity contribution in [3.05, 3.63) is 64.7 Å². The highest BCUT2D eigenvalue weighted by Crippen LogP contribution is 2.30. The van der Waals surface area contributed by atoms with Crippen molar-refractivity contribution in [2.24, 2.45) is 10.8 Å². The van der Waals surface area contributed by atoms with E-state index in [1.165, 1.54) is 17.1 Å². The van der Waals surface area contributed by atoms with Gasteiger partial charge in [0.15, 0.2) is 0 Å². The van der Waals surface area contributed by atoms with Gasteiger partial charge in [-0.15, -0.1) is 0 Å². The first-order valence-electron chi connectivity index (χ1n) is 7.30. The van der Waals surface area contributed by atoms with Crippen LogP contribution in [0, 0.1) is 0 Å². The molecule has 0 aromatic heterocycles. The van der Waals surface area contributed by atoms with Gasteiger partial charge in [-0.2, -0.15) is 5.10 Å². The van der Waals surface area contributed by atoms with Crippen LogP contribution in [0.1, 0.15) is 17.0 Å². The lowest BCUT2D eigenvalue weighted by atomic mass is 9.90. The number of hydrazone groups is 1. The SMILES string of the molecule is CSOc1ccc(C2CN(C(N)=O)N=C2c2ccc(Cl)cc2)cc1. The standard InChI is InChI=1S/C17H16ClN3O2S/c1-24-23-14-8-4-11(5-9-14)15-10-21(17(19)22)20-16(15)12-2-6-13(18)7-3-12/h2-9,15H,10H2,1H3,(H2,19,22). The van der Waals surface area contributed by atoms with E-state index in [-0.39, 0.29) is 5.92 Å². The van der Waals surface area contributed by atoms with Crippen LogP contribution >= 0.6 is 23.6 Å². The molecule has 1 aliphatic rings. The van der Waals surface area contributed by atoms with Gasteiger partial charge in [-0.3, -0.25) is 0 Å². The van der Waals surface area contributed by atoms with Crippen molar-refractivity contribution >= 4 is 35.4 Å². The van der Waals surface area contributed by atoms with Crippen LogP contribution in [0.2, 0.25) is 5.02 Å². The zero-order chi connectivity index (χ0) is 17.1. The van der Waals surface area contributed by atoms with Gasteiger partial charge in [-0.25, -0.2) is 9.80 Å². The topological polar surface area (TPSA) is 67.9 Å². The molecule has 1 aliphatic heterocycles. The van der Waals surface area contributed by atoms with E-state index in [9.17, 15) is 4.79 Å². The Bertz CT molecular complexity index is 762. The third-order valence-corrected chi connectivity index (χ3v) is 4.38. The molecule has 7 heteroatoms. The maximum atomic E-state index is 11.5. The first-order valence-corrected chi connectivity index (χ1v) is 8.83. The summed E-state index contributed by atoms with van der Waals surface area (Å²) in [7, 11) is 0. The van der Waals surface area contributed by atoms with Crippen LogP contribution in [0.3, 0.4) is 0 Å². The smallest absolute Gasteiger partial charge is 0.335 e. The minimum absolute atomic E-state index is 0.0537. The van der Waals surface area contributed by atoms with Crippen LogP contribution in [0.5, 0.6) is 5.75 Å². The summed E-state index contributed by atoms with van der Waals surface area (Å²) in [6, 6.07) is 14.6. The van der Waals surface area contributed by atoms with Crippen molar-refractivity contribution in [2.45, 2.75) is 5.92 Å². The number of primary amides is 1. The van der Waals surface area contributed by atoms with E-state index >= 15 is 0 Å². The molecule has 0 saturated carbocycles. The number of halogens is 1. The molecule has 2 aromatic carbocycles. The average Bonchev–Trinajstić information content (AvgIpc) is 3.02. The molecule has 1 heterocycles. The van der Waals surface area contributed by atoms with E-state index < -0.39 is 6.03 Å². The molecule has 0 aliphatic carbocycles. The summed E-state index contributed by atoms with van der Waals surface area (Å²) in [6.45, 7) is 0.413. The summed E-state index contributed by atoms with van der Waals surface area (Å²) in [6.07, 6.45) is 1.86. The first kappa shape index (κ1) is 16.7. The molecule has 0 radical (unpaired) electrons.